The summed E-state index contributed by atoms with van der Waals surface area (Å²) in [7, 11) is 1.53. The number of hydrogen-bond acceptors (Lipinski definition) is 2. The highest BCUT2D eigenvalue weighted by Gasteiger charge is 2.18. The molecule has 1 atom stereocenters. The van der Waals surface area contributed by atoms with Crippen molar-refractivity contribution < 1.29 is 9.18 Å². The summed E-state index contributed by atoms with van der Waals surface area (Å²) in [4.78, 5) is 12.4. The van der Waals surface area contributed by atoms with Gasteiger partial charge in [0.2, 0.25) is 11.9 Å². The van der Waals surface area contributed by atoms with Gasteiger partial charge in [-0.05, 0) is 36.8 Å². The van der Waals surface area contributed by atoms with E-state index in [1.165, 1.54) is 7.05 Å². The van der Waals surface area contributed by atoms with E-state index in [-0.39, 0.29) is 12.3 Å². The average molecular weight is 331 g/mol. The maximum absolute atomic E-state index is 14.0. The number of benzene rings is 1. The molecule has 2 aromatic rings. The summed E-state index contributed by atoms with van der Waals surface area (Å²) in [6.07, 6.45) is 1.03. The number of rotatable bonds is 6. The van der Waals surface area contributed by atoms with Gasteiger partial charge in [-0.3, -0.25) is 4.79 Å². The summed E-state index contributed by atoms with van der Waals surface area (Å²) in [5.74, 6) is 0.243. The smallest absolute Gasteiger partial charge is 0.229 e. The minimum Gasteiger partial charge on any atom is -0.326 e. The van der Waals surface area contributed by atoms with Crippen LogP contribution in [0, 0.1) is 18.8 Å². The van der Waals surface area contributed by atoms with Crippen LogP contribution in [0.15, 0.2) is 24.3 Å². The SMILES string of the molecule is Cc1nn(C)c(F)c1CC(=O)Nc1ccccc1C(C)CC(C)C. The van der Waals surface area contributed by atoms with Gasteiger partial charge in [-0.25, -0.2) is 4.68 Å². The van der Waals surface area contributed by atoms with Crippen LogP contribution in [0.2, 0.25) is 0 Å². The van der Waals surface area contributed by atoms with Gasteiger partial charge in [0.1, 0.15) is 0 Å². The highest BCUT2D eigenvalue weighted by Crippen LogP contribution is 2.29. The predicted molar refractivity (Wildman–Crippen MR) is 94.5 cm³/mol. The van der Waals surface area contributed by atoms with Gasteiger partial charge in [-0.2, -0.15) is 9.49 Å². The number of carbonyl (C=O) groups excluding carboxylic acids is 1. The Labute approximate surface area is 143 Å². The fourth-order valence-corrected chi connectivity index (χ4v) is 3.10. The first kappa shape index (κ1) is 18.2. The molecule has 1 unspecified atom stereocenters. The Balaban J connectivity index is 2.15. The van der Waals surface area contributed by atoms with Crippen LogP contribution < -0.4 is 5.32 Å². The lowest BCUT2D eigenvalue weighted by Crippen LogP contribution is -2.17. The van der Waals surface area contributed by atoms with E-state index in [9.17, 15) is 9.18 Å². The molecule has 130 valence electrons. The third kappa shape index (κ3) is 4.22. The van der Waals surface area contributed by atoms with Crippen molar-refractivity contribution in [2.45, 2.75) is 46.5 Å². The Bertz CT molecular complexity index is 721. The summed E-state index contributed by atoms with van der Waals surface area (Å²) >= 11 is 0. The van der Waals surface area contributed by atoms with Crippen LogP contribution in [0.4, 0.5) is 10.1 Å². The molecule has 1 aromatic carbocycles. The zero-order valence-electron chi connectivity index (χ0n) is 15.1. The van der Waals surface area contributed by atoms with E-state index < -0.39 is 5.95 Å². The van der Waals surface area contributed by atoms with Crippen LogP contribution in [-0.4, -0.2) is 15.7 Å². The van der Waals surface area contributed by atoms with Crippen LogP contribution >= 0.6 is 0 Å². The fraction of sp³-hybridized carbons (Fsp3) is 0.474. The molecule has 24 heavy (non-hydrogen) atoms. The number of para-hydroxylation sites is 1. The molecule has 0 spiro atoms. The summed E-state index contributed by atoms with van der Waals surface area (Å²) in [6.45, 7) is 8.25. The zero-order chi connectivity index (χ0) is 17.9. The molecule has 1 heterocycles. The molecule has 0 saturated carbocycles. The summed E-state index contributed by atoms with van der Waals surface area (Å²) in [6, 6.07) is 7.82. The number of hydrogen-bond donors (Lipinski definition) is 1. The molecular weight excluding hydrogens is 305 g/mol. The van der Waals surface area contributed by atoms with Crippen LogP contribution in [0.25, 0.3) is 0 Å². The molecule has 5 heteroatoms. The number of nitrogens with one attached hydrogen (secondary N) is 1. The average Bonchev–Trinajstić information content (AvgIpc) is 2.73. The van der Waals surface area contributed by atoms with Crippen molar-refractivity contribution in [3.05, 3.63) is 47.0 Å². The second-order valence-corrected chi connectivity index (χ2v) is 6.82. The lowest BCUT2D eigenvalue weighted by Gasteiger charge is -2.18. The highest BCUT2D eigenvalue weighted by molar-refractivity contribution is 5.93. The van der Waals surface area contributed by atoms with E-state index in [1.54, 1.807) is 6.92 Å². The topological polar surface area (TPSA) is 46.9 Å². The Kier molecular flexibility index (Phi) is 5.75. The first-order chi connectivity index (χ1) is 11.3. The molecule has 0 aliphatic heterocycles. The van der Waals surface area contributed by atoms with Crippen molar-refractivity contribution in [2.75, 3.05) is 5.32 Å². The molecule has 1 amide bonds. The van der Waals surface area contributed by atoms with E-state index >= 15 is 0 Å². The molecule has 0 aliphatic rings. The van der Waals surface area contributed by atoms with E-state index in [2.05, 4.69) is 31.2 Å². The fourth-order valence-electron chi connectivity index (χ4n) is 3.10. The number of halogens is 1. The number of carbonyl (C=O) groups is 1. The monoisotopic (exact) mass is 331 g/mol. The van der Waals surface area contributed by atoms with E-state index in [0.717, 1.165) is 22.4 Å². The standard InChI is InChI=1S/C19H26FN3O/c1-12(2)10-13(3)15-8-6-7-9-17(15)21-18(24)11-16-14(4)22-23(5)19(16)20/h6-9,12-13H,10-11H2,1-5H3,(H,21,24). The second kappa shape index (κ2) is 7.60. The van der Waals surface area contributed by atoms with Gasteiger partial charge in [0.15, 0.2) is 0 Å². The van der Waals surface area contributed by atoms with Crippen molar-refractivity contribution in [1.82, 2.24) is 9.78 Å². The van der Waals surface area contributed by atoms with E-state index in [0.29, 0.717) is 23.1 Å². The molecular formula is C19H26FN3O. The minimum atomic E-state index is -0.455. The molecule has 1 N–H and O–H groups in total. The lowest BCUT2D eigenvalue weighted by atomic mass is 9.91. The lowest BCUT2D eigenvalue weighted by molar-refractivity contribution is -0.115. The summed E-state index contributed by atoms with van der Waals surface area (Å²) in [5.41, 5.74) is 2.81. The largest absolute Gasteiger partial charge is 0.326 e. The molecule has 4 nitrogen and oxygen atoms in total. The first-order valence-corrected chi connectivity index (χ1v) is 8.36. The maximum atomic E-state index is 14.0. The maximum Gasteiger partial charge on any atom is 0.229 e. The number of amides is 1. The summed E-state index contributed by atoms with van der Waals surface area (Å²) < 4.78 is 15.2. The van der Waals surface area contributed by atoms with Crippen molar-refractivity contribution in [1.29, 1.82) is 0 Å². The predicted octanol–water partition coefficient (Wildman–Crippen LogP) is 4.20. The van der Waals surface area contributed by atoms with Gasteiger partial charge >= 0.3 is 0 Å². The third-order valence-electron chi connectivity index (χ3n) is 4.20. The molecule has 0 radical (unpaired) electrons. The van der Waals surface area contributed by atoms with Crippen LogP contribution in [-0.2, 0) is 18.3 Å². The van der Waals surface area contributed by atoms with Gasteiger partial charge in [0.05, 0.1) is 12.1 Å². The molecule has 0 saturated heterocycles. The van der Waals surface area contributed by atoms with Crippen LogP contribution in [0.1, 0.15) is 49.9 Å². The van der Waals surface area contributed by atoms with Gasteiger partial charge in [-0.1, -0.05) is 39.0 Å². The van der Waals surface area contributed by atoms with Crippen molar-refractivity contribution in [2.24, 2.45) is 13.0 Å². The molecule has 0 aliphatic carbocycles. The van der Waals surface area contributed by atoms with Crippen molar-refractivity contribution in [3.8, 4) is 0 Å². The van der Waals surface area contributed by atoms with E-state index in [1.807, 2.05) is 24.3 Å². The van der Waals surface area contributed by atoms with Gasteiger partial charge in [0, 0.05) is 18.3 Å². The molecule has 1 aromatic heterocycles. The molecule has 0 fully saturated rings. The highest BCUT2D eigenvalue weighted by atomic mass is 19.1. The Morgan fingerprint density at radius 2 is 1.96 bits per heavy atom. The Morgan fingerprint density at radius 3 is 2.54 bits per heavy atom. The van der Waals surface area contributed by atoms with Gasteiger partial charge < -0.3 is 5.32 Å². The number of nitrogens with zero attached hydrogens (tertiary/aromatic N) is 2. The Hall–Kier alpha value is -2.17. The minimum absolute atomic E-state index is 0.0155. The molecule has 0 bridgehead atoms. The van der Waals surface area contributed by atoms with Gasteiger partial charge in [-0.15, -0.1) is 0 Å². The number of aryl methyl sites for hydroxylation is 2. The first-order valence-electron chi connectivity index (χ1n) is 8.36. The quantitative estimate of drug-likeness (QED) is 0.862. The van der Waals surface area contributed by atoms with Crippen LogP contribution in [0.3, 0.4) is 0 Å². The number of anilines is 1. The van der Waals surface area contributed by atoms with Gasteiger partial charge in [0.25, 0.3) is 0 Å². The normalized spacial score (nSPS) is 12.5. The Morgan fingerprint density at radius 1 is 1.29 bits per heavy atom. The van der Waals surface area contributed by atoms with Crippen LogP contribution in [0.5, 0.6) is 0 Å². The summed E-state index contributed by atoms with van der Waals surface area (Å²) in [5, 5.41) is 6.95. The molecule has 2 rings (SSSR count). The van der Waals surface area contributed by atoms with E-state index in [4.69, 9.17) is 0 Å². The zero-order valence-corrected chi connectivity index (χ0v) is 15.1. The van der Waals surface area contributed by atoms with Crippen molar-refractivity contribution in [3.63, 3.8) is 0 Å². The third-order valence-corrected chi connectivity index (χ3v) is 4.20. The number of aromatic nitrogens is 2. The van der Waals surface area contributed by atoms with Crippen molar-refractivity contribution >= 4 is 11.6 Å². The second-order valence-electron chi connectivity index (χ2n) is 6.82.